The largest absolute Gasteiger partial charge is 0.490 e. The zero-order valence-electron chi connectivity index (χ0n) is 10.2. The highest BCUT2D eigenvalue weighted by Gasteiger charge is 2.03. The van der Waals surface area contributed by atoms with Gasteiger partial charge in [0.15, 0.2) is 11.5 Å². The first kappa shape index (κ1) is 14.1. The highest BCUT2D eigenvalue weighted by atomic mass is 35.5. The summed E-state index contributed by atoms with van der Waals surface area (Å²) in [7, 11) is 0. The minimum Gasteiger partial charge on any atom is -0.490 e. The van der Waals surface area contributed by atoms with Crippen LogP contribution >= 0.6 is 11.6 Å². The number of rotatable bonds is 9. The van der Waals surface area contributed by atoms with Gasteiger partial charge in [0.05, 0.1) is 19.8 Å². The second-order valence-corrected chi connectivity index (χ2v) is 3.82. The first-order chi connectivity index (χ1) is 8.38. The second-order valence-electron chi connectivity index (χ2n) is 3.45. The van der Waals surface area contributed by atoms with Crippen molar-refractivity contribution in [1.82, 2.24) is 0 Å². The minimum absolute atomic E-state index is 0.503. The van der Waals surface area contributed by atoms with Gasteiger partial charge in [-0.2, -0.15) is 0 Å². The maximum atomic E-state index is 5.59. The highest BCUT2D eigenvalue weighted by Crippen LogP contribution is 2.26. The van der Waals surface area contributed by atoms with Crippen LogP contribution in [0, 0.1) is 0 Å². The molecule has 0 fully saturated rings. The Labute approximate surface area is 108 Å². The molecule has 0 atom stereocenters. The maximum absolute atomic E-state index is 5.59. The molecule has 0 unspecified atom stereocenters. The number of para-hydroxylation sites is 2. The van der Waals surface area contributed by atoms with Gasteiger partial charge in [0, 0.05) is 5.88 Å². The molecule has 0 saturated heterocycles. The van der Waals surface area contributed by atoms with Crippen molar-refractivity contribution in [3.63, 3.8) is 0 Å². The van der Waals surface area contributed by atoms with Crippen LogP contribution in [0.15, 0.2) is 24.3 Å². The monoisotopic (exact) mass is 258 g/mol. The van der Waals surface area contributed by atoms with Crippen molar-refractivity contribution in [3.05, 3.63) is 24.3 Å². The summed E-state index contributed by atoms with van der Waals surface area (Å²) in [6.45, 7) is 4.36. The molecule has 17 heavy (non-hydrogen) atoms. The van der Waals surface area contributed by atoms with Gasteiger partial charge in [0.2, 0.25) is 0 Å². The third-order valence-electron chi connectivity index (χ3n) is 2.02. The minimum atomic E-state index is 0.503. The summed E-state index contributed by atoms with van der Waals surface area (Å²) in [5.74, 6) is 2.05. The lowest BCUT2D eigenvalue weighted by molar-refractivity contribution is 0.110. The van der Waals surface area contributed by atoms with E-state index in [2.05, 4.69) is 6.92 Å². The Balaban J connectivity index is 2.35. The van der Waals surface area contributed by atoms with E-state index in [1.807, 2.05) is 24.3 Å². The summed E-state index contributed by atoms with van der Waals surface area (Å²) >= 11 is 5.49. The molecule has 0 saturated carbocycles. The Kier molecular flexibility index (Phi) is 7.60. The third kappa shape index (κ3) is 5.80. The van der Waals surface area contributed by atoms with E-state index in [-0.39, 0.29) is 0 Å². The summed E-state index contributed by atoms with van der Waals surface area (Å²) in [4.78, 5) is 0. The quantitative estimate of drug-likeness (QED) is 0.503. The summed E-state index contributed by atoms with van der Waals surface area (Å²) in [6.07, 6.45) is 0.979. The van der Waals surface area contributed by atoms with Crippen molar-refractivity contribution in [3.8, 4) is 11.5 Å². The van der Waals surface area contributed by atoms with Crippen LogP contribution in [0.2, 0.25) is 0 Å². The fraction of sp³-hybridized carbons (Fsp3) is 0.538. The van der Waals surface area contributed by atoms with E-state index in [0.29, 0.717) is 32.3 Å². The van der Waals surface area contributed by atoms with Crippen molar-refractivity contribution >= 4 is 11.6 Å². The van der Waals surface area contributed by atoms with Crippen molar-refractivity contribution in [2.24, 2.45) is 0 Å². The molecular formula is C13H19ClO3. The van der Waals surface area contributed by atoms with Crippen LogP contribution in [0.25, 0.3) is 0 Å². The van der Waals surface area contributed by atoms with E-state index < -0.39 is 0 Å². The summed E-state index contributed by atoms with van der Waals surface area (Å²) in [5.41, 5.74) is 0. The van der Waals surface area contributed by atoms with Crippen molar-refractivity contribution < 1.29 is 14.2 Å². The lowest BCUT2D eigenvalue weighted by Gasteiger charge is -2.12. The highest BCUT2D eigenvalue weighted by molar-refractivity contribution is 6.17. The summed E-state index contributed by atoms with van der Waals surface area (Å²) in [5, 5.41) is 0. The molecule has 0 radical (unpaired) electrons. The van der Waals surface area contributed by atoms with Gasteiger partial charge in [-0.05, 0) is 18.6 Å². The molecule has 4 heteroatoms. The molecule has 1 aromatic carbocycles. The van der Waals surface area contributed by atoms with E-state index in [1.54, 1.807) is 0 Å². The fourth-order valence-electron chi connectivity index (χ4n) is 1.27. The number of halogens is 1. The molecule has 0 heterocycles. The molecule has 0 aromatic heterocycles. The Bertz CT molecular complexity index is 304. The smallest absolute Gasteiger partial charge is 0.161 e. The summed E-state index contributed by atoms with van der Waals surface area (Å²) in [6, 6.07) is 7.66. The average Bonchev–Trinajstić information content (AvgIpc) is 2.37. The normalized spacial score (nSPS) is 10.2. The molecule has 0 spiro atoms. The molecule has 0 N–H and O–H groups in total. The van der Waals surface area contributed by atoms with E-state index in [0.717, 1.165) is 17.9 Å². The first-order valence-corrected chi connectivity index (χ1v) is 6.40. The SMILES string of the molecule is CCCOc1ccccc1OCCOCCCl. The molecular weight excluding hydrogens is 240 g/mol. The molecule has 1 rings (SSSR count). The zero-order valence-corrected chi connectivity index (χ0v) is 10.9. The van der Waals surface area contributed by atoms with Crippen LogP contribution in [-0.4, -0.2) is 32.3 Å². The van der Waals surface area contributed by atoms with Gasteiger partial charge in [0.1, 0.15) is 6.61 Å². The maximum Gasteiger partial charge on any atom is 0.161 e. The Morgan fingerprint density at radius 2 is 1.59 bits per heavy atom. The van der Waals surface area contributed by atoms with Crippen LogP contribution in [0.4, 0.5) is 0 Å². The van der Waals surface area contributed by atoms with Gasteiger partial charge in [0.25, 0.3) is 0 Å². The van der Waals surface area contributed by atoms with Crippen LogP contribution in [0.1, 0.15) is 13.3 Å². The van der Waals surface area contributed by atoms with E-state index in [9.17, 15) is 0 Å². The molecule has 96 valence electrons. The fourth-order valence-corrected chi connectivity index (χ4v) is 1.38. The van der Waals surface area contributed by atoms with Gasteiger partial charge in [-0.25, -0.2) is 0 Å². The van der Waals surface area contributed by atoms with Crippen LogP contribution in [-0.2, 0) is 4.74 Å². The van der Waals surface area contributed by atoms with Crippen molar-refractivity contribution in [2.75, 3.05) is 32.3 Å². The molecule has 0 aliphatic heterocycles. The molecule has 0 bridgehead atoms. The number of ether oxygens (including phenoxy) is 3. The van der Waals surface area contributed by atoms with E-state index >= 15 is 0 Å². The first-order valence-electron chi connectivity index (χ1n) is 5.86. The van der Waals surface area contributed by atoms with Gasteiger partial charge in [-0.15, -0.1) is 11.6 Å². The number of benzene rings is 1. The summed E-state index contributed by atoms with van der Waals surface area (Å²) < 4.78 is 16.4. The molecule has 1 aromatic rings. The number of alkyl halides is 1. The van der Waals surface area contributed by atoms with Gasteiger partial charge in [-0.1, -0.05) is 19.1 Å². The number of hydrogen-bond donors (Lipinski definition) is 0. The molecule has 3 nitrogen and oxygen atoms in total. The average molecular weight is 259 g/mol. The Morgan fingerprint density at radius 1 is 0.941 bits per heavy atom. The van der Waals surface area contributed by atoms with Gasteiger partial charge in [-0.3, -0.25) is 0 Å². The van der Waals surface area contributed by atoms with Crippen molar-refractivity contribution in [1.29, 1.82) is 0 Å². The van der Waals surface area contributed by atoms with Crippen LogP contribution in [0.3, 0.4) is 0 Å². The second kappa shape index (κ2) is 9.14. The Morgan fingerprint density at radius 3 is 2.18 bits per heavy atom. The topological polar surface area (TPSA) is 27.7 Å². The predicted octanol–water partition coefficient (Wildman–Crippen LogP) is 3.11. The number of hydrogen-bond acceptors (Lipinski definition) is 3. The lowest BCUT2D eigenvalue weighted by Crippen LogP contribution is -2.09. The van der Waals surface area contributed by atoms with Gasteiger partial charge < -0.3 is 14.2 Å². The Hall–Kier alpha value is -0.930. The molecule has 0 aliphatic carbocycles. The predicted molar refractivity (Wildman–Crippen MR) is 69.3 cm³/mol. The van der Waals surface area contributed by atoms with E-state index in [4.69, 9.17) is 25.8 Å². The molecule has 0 amide bonds. The van der Waals surface area contributed by atoms with Crippen LogP contribution < -0.4 is 9.47 Å². The van der Waals surface area contributed by atoms with E-state index in [1.165, 1.54) is 0 Å². The van der Waals surface area contributed by atoms with Crippen molar-refractivity contribution in [2.45, 2.75) is 13.3 Å². The third-order valence-corrected chi connectivity index (χ3v) is 2.17. The lowest BCUT2D eigenvalue weighted by atomic mass is 10.3. The molecule has 0 aliphatic rings. The zero-order chi connectivity index (χ0) is 12.3. The van der Waals surface area contributed by atoms with Crippen LogP contribution in [0.5, 0.6) is 11.5 Å². The standard InChI is InChI=1S/C13H19ClO3/c1-2-8-16-12-5-3-4-6-13(12)17-11-10-15-9-7-14/h3-6H,2,7-11H2,1H3. The van der Waals surface area contributed by atoms with Gasteiger partial charge >= 0.3 is 0 Å².